The van der Waals surface area contributed by atoms with Crippen LogP contribution in [0.25, 0.3) is 11.3 Å². The smallest absolute Gasteiger partial charge is 0.135 e. The molecule has 1 heterocycles. The Balaban J connectivity index is 1.64. The summed E-state index contributed by atoms with van der Waals surface area (Å²) in [7, 11) is 0. The molecule has 5 heteroatoms. The largest absolute Gasteiger partial charge is 0.460 e. The maximum atomic E-state index is 10.4. The Morgan fingerprint density at radius 2 is 1.80 bits per heavy atom. The van der Waals surface area contributed by atoms with Crippen LogP contribution >= 0.6 is 23.2 Å². The van der Waals surface area contributed by atoms with Gasteiger partial charge in [0.25, 0.3) is 0 Å². The van der Waals surface area contributed by atoms with E-state index in [4.69, 9.17) is 27.6 Å². The van der Waals surface area contributed by atoms with E-state index in [0.29, 0.717) is 22.4 Å². The fraction of sp³-hybridized carbons (Fsp3) is 0.200. The van der Waals surface area contributed by atoms with E-state index in [1.165, 1.54) is 0 Å². The molecule has 0 spiro atoms. The van der Waals surface area contributed by atoms with Crippen molar-refractivity contribution in [2.75, 3.05) is 0 Å². The van der Waals surface area contributed by atoms with E-state index in [1.54, 1.807) is 12.1 Å². The molecule has 25 heavy (non-hydrogen) atoms. The van der Waals surface area contributed by atoms with Crippen molar-refractivity contribution in [3.63, 3.8) is 0 Å². The fourth-order valence-corrected chi connectivity index (χ4v) is 3.12. The van der Waals surface area contributed by atoms with Crippen LogP contribution in [0.15, 0.2) is 65.1 Å². The maximum absolute atomic E-state index is 10.4. The molecule has 2 N–H and O–H groups in total. The van der Waals surface area contributed by atoms with Crippen molar-refractivity contribution in [3.05, 3.63) is 82.0 Å². The predicted octanol–water partition coefficient (Wildman–Crippen LogP) is 5.47. The molecule has 0 saturated carbocycles. The van der Waals surface area contributed by atoms with Crippen molar-refractivity contribution in [1.82, 2.24) is 5.32 Å². The van der Waals surface area contributed by atoms with Gasteiger partial charge in [-0.2, -0.15) is 0 Å². The third-order valence-corrected chi connectivity index (χ3v) is 4.62. The van der Waals surface area contributed by atoms with Gasteiger partial charge in [0.1, 0.15) is 11.5 Å². The molecule has 3 aromatic rings. The Bertz CT molecular complexity index is 833. The summed E-state index contributed by atoms with van der Waals surface area (Å²) in [6, 6.07) is 18.6. The predicted molar refractivity (Wildman–Crippen MR) is 102 cm³/mol. The van der Waals surface area contributed by atoms with Gasteiger partial charge in [0.15, 0.2) is 0 Å². The van der Waals surface area contributed by atoms with Crippen molar-refractivity contribution in [2.45, 2.75) is 25.6 Å². The highest BCUT2D eigenvalue weighted by Crippen LogP contribution is 2.31. The molecule has 3 rings (SSSR count). The zero-order chi connectivity index (χ0) is 17.8. The summed E-state index contributed by atoms with van der Waals surface area (Å²) in [6.07, 6.45) is -0.582. The van der Waals surface area contributed by atoms with Gasteiger partial charge >= 0.3 is 0 Å². The Hall–Kier alpha value is -1.78. The third-order valence-electron chi connectivity index (χ3n) is 4.07. The summed E-state index contributed by atoms with van der Waals surface area (Å²) in [5, 5.41) is 14.8. The molecule has 0 aliphatic carbocycles. The standard InChI is InChI=1S/C20H19Cl2NO2/c1-13(20(24)14-5-3-2-4-6-14)23-12-16-8-10-19(25-16)17-9-7-15(21)11-18(17)22/h2-11,13,20,23-24H,12H2,1H3/t13-,20-/m1/s1. The molecule has 130 valence electrons. The van der Waals surface area contributed by atoms with Gasteiger partial charge in [-0.3, -0.25) is 0 Å². The second kappa shape index (κ2) is 8.07. The van der Waals surface area contributed by atoms with Crippen LogP contribution in [0.4, 0.5) is 0 Å². The molecule has 0 bridgehead atoms. The van der Waals surface area contributed by atoms with Gasteiger partial charge in [-0.1, -0.05) is 53.5 Å². The van der Waals surface area contributed by atoms with E-state index in [9.17, 15) is 5.11 Å². The minimum absolute atomic E-state index is 0.116. The van der Waals surface area contributed by atoms with Crippen LogP contribution < -0.4 is 5.32 Å². The second-order valence-corrected chi connectivity index (χ2v) is 6.76. The minimum Gasteiger partial charge on any atom is -0.460 e. The van der Waals surface area contributed by atoms with Gasteiger partial charge in [0.05, 0.1) is 17.7 Å². The average molecular weight is 376 g/mol. The highest BCUT2D eigenvalue weighted by molar-refractivity contribution is 6.36. The first kappa shape index (κ1) is 18.0. The van der Waals surface area contributed by atoms with E-state index in [0.717, 1.165) is 16.9 Å². The fourth-order valence-electron chi connectivity index (χ4n) is 2.62. The van der Waals surface area contributed by atoms with Crippen molar-refractivity contribution in [2.24, 2.45) is 0 Å². The SMILES string of the molecule is C[C@@H](NCc1ccc(-c2ccc(Cl)cc2Cl)o1)[C@@H](O)c1ccccc1. The summed E-state index contributed by atoms with van der Waals surface area (Å²) >= 11 is 12.1. The number of hydrogen-bond donors (Lipinski definition) is 2. The number of hydrogen-bond acceptors (Lipinski definition) is 3. The number of furan rings is 1. The van der Waals surface area contributed by atoms with Crippen molar-refractivity contribution < 1.29 is 9.52 Å². The molecular formula is C20H19Cl2NO2. The summed E-state index contributed by atoms with van der Waals surface area (Å²) in [5.74, 6) is 1.46. The van der Waals surface area contributed by atoms with E-state index < -0.39 is 6.10 Å². The van der Waals surface area contributed by atoms with Crippen LogP contribution in [0.2, 0.25) is 10.0 Å². The lowest BCUT2D eigenvalue weighted by Crippen LogP contribution is -2.31. The van der Waals surface area contributed by atoms with Gasteiger partial charge in [-0.15, -0.1) is 0 Å². The Labute approximate surface area is 157 Å². The van der Waals surface area contributed by atoms with Crippen LogP contribution in [0.3, 0.4) is 0 Å². The second-order valence-electron chi connectivity index (χ2n) is 5.92. The highest BCUT2D eigenvalue weighted by atomic mass is 35.5. The van der Waals surface area contributed by atoms with Crippen LogP contribution in [-0.2, 0) is 6.54 Å². The molecule has 1 aromatic heterocycles. The van der Waals surface area contributed by atoms with Crippen LogP contribution in [0.1, 0.15) is 24.4 Å². The van der Waals surface area contributed by atoms with E-state index >= 15 is 0 Å². The Morgan fingerprint density at radius 3 is 2.52 bits per heavy atom. The Morgan fingerprint density at radius 1 is 1.04 bits per heavy atom. The molecule has 0 aliphatic heterocycles. The minimum atomic E-state index is -0.582. The summed E-state index contributed by atoms with van der Waals surface area (Å²) < 4.78 is 5.85. The third kappa shape index (κ3) is 4.44. The zero-order valence-electron chi connectivity index (χ0n) is 13.7. The summed E-state index contributed by atoms with van der Waals surface area (Å²) in [6.45, 7) is 2.45. The number of halogens is 2. The van der Waals surface area contributed by atoms with Crippen molar-refractivity contribution in [3.8, 4) is 11.3 Å². The number of benzene rings is 2. The lowest BCUT2D eigenvalue weighted by Gasteiger charge is -2.20. The molecule has 0 saturated heterocycles. The van der Waals surface area contributed by atoms with Gasteiger partial charge < -0.3 is 14.8 Å². The molecule has 0 fully saturated rings. The topological polar surface area (TPSA) is 45.4 Å². The molecule has 0 aliphatic rings. The molecule has 0 unspecified atom stereocenters. The normalized spacial score (nSPS) is 13.6. The average Bonchev–Trinajstić information content (AvgIpc) is 3.08. The first-order valence-corrected chi connectivity index (χ1v) is 8.80. The zero-order valence-corrected chi connectivity index (χ0v) is 15.3. The van der Waals surface area contributed by atoms with Crippen LogP contribution in [-0.4, -0.2) is 11.1 Å². The summed E-state index contributed by atoms with van der Waals surface area (Å²) in [5.41, 5.74) is 1.69. The lowest BCUT2D eigenvalue weighted by molar-refractivity contribution is 0.134. The van der Waals surface area contributed by atoms with Crippen molar-refractivity contribution >= 4 is 23.2 Å². The van der Waals surface area contributed by atoms with Crippen molar-refractivity contribution in [1.29, 1.82) is 0 Å². The van der Waals surface area contributed by atoms with Crippen LogP contribution in [0.5, 0.6) is 0 Å². The highest BCUT2D eigenvalue weighted by Gasteiger charge is 2.16. The van der Waals surface area contributed by atoms with Crippen LogP contribution in [0, 0.1) is 0 Å². The number of aliphatic hydroxyl groups excluding tert-OH is 1. The monoisotopic (exact) mass is 375 g/mol. The van der Waals surface area contributed by atoms with E-state index in [-0.39, 0.29) is 6.04 Å². The molecule has 0 radical (unpaired) electrons. The van der Waals surface area contributed by atoms with E-state index in [1.807, 2.05) is 55.5 Å². The lowest BCUT2D eigenvalue weighted by atomic mass is 10.0. The number of rotatable bonds is 6. The van der Waals surface area contributed by atoms with Gasteiger partial charge in [0, 0.05) is 16.6 Å². The van der Waals surface area contributed by atoms with E-state index in [2.05, 4.69) is 5.32 Å². The molecule has 2 atom stereocenters. The first-order chi connectivity index (χ1) is 12.0. The molecular weight excluding hydrogens is 357 g/mol. The first-order valence-electron chi connectivity index (χ1n) is 8.05. The molecule has 3 nitrogen and oxygen atoms in total. The van der Waals surface area contributed by atoms with Gasteiger partial charge in [0.2, 0.25) is 0 Å². The summed E-state index contributed by atoms with van der Waals surface area (Å²) in [4.78, 5) is 0. The van der Waals surface area contributed by atoms with Gasteiger partial charge in [-0.25, -0.2) is 0 Å². The number of aliphatic hydroxyl groups is 1. The number of nitrogens with one attached hydrogen (secondary N) is 1. The molecule has 2 aromatic carbocycles. The van der Waals surface area contributed by atoms with Gasteiger partial charge in [-0.05, 0) is 42.8 Å². The maximum Gasteiger partial charge on any atom is 0.135 e. The molecule has 0 amide bonds. The Kier molecular flexibility index (Phi) is 5.82. The quantitative estimate of drug-likeness (QED) is 0.600.